The quantitative estimate of drug-likeness (QED) is 0.838. The lowest BCUT2D eigenvalue weighted by Crippen LogP contribution is -2.29. The zero-order valence-corrected chi connectivity index (χ0v) is 10.9. The van der Waals surface area contributed by atoms with Crippen LogP contribution in [-0.2, 0) is 4.79 Å². The smallest absolute Gasteiger partial charge is 0.345 e. The van der Waals surface area contributed by atoms with Crippen LogP contribution >= 0.6 is 0 Å². The molecule has 1 fully saturated rings. The average molecular weight is 248 g/mol. The van der Waals surface area contributed by atoms with Crippen LogP contribution in [0, 0.1) is 5.92 Å². The third-order valence-electron chi connectivity index (χ3n) is 3.62. The molecule has 0 heterocycles. The van der Waals surface area contributed by atoms with Crippen LogP contribution in [0.15, 0.2) is 24.3 Å². The van der Waals surface area contributed by atoms with E-state index in [0.29, 0.717) is 11.7 Å². The van der Waals surface area contributed by atoms with E-state index in [0.717, 1.165) is 19.3 Å². The van der Waals surface area contributed by atoms with Gasteiger partial charge in [-0.2, -0.15) is 0 Å². The monoisotopic (exact) mass is 248 g/mol. The van der Waals surface area contributed by atoms with Gasteiger partial charge in [-0.1, -0.05) is 26.0 Å². The first-order chi connectivity index (χ1) is 8.61. The Balaban J connectivity index is 2.03. The number of carboxylic acid groups (broad SMARTS) is 1. The van der Waals surface area contributed by atoms with Gasteiger partial charge in [0.1, 0.15) is 5.75 Å². The summed E-state index contributed by atoms with van der Waals surface area (Å²) in [5, 5.41) is 9.10. The molecule has 3 nitrogen and oxygen atoms in total. The van der Waals surface area contributed by atoms with E-state index in [9.17, 15) is 4.79 Å². The highest BCUT2D eigenvalue weighted by atomic mass is 16.5. The lowest BCUT2D eigenvalue weighted by Gasteiger charge is -2.15. The van der Waals surface area contributed by atoms with Gasteiger partial charge >= 0.3 is 5.97 Å². The highest BCUT2D eigenvalue weighted by molar-refractivity contribution is 5.73. The number of benzene rings is 1. The summed E-state index contributed by atoms with van der Waals surface area (Å²) in [6, 6.07) is 7.80. The number of carbonyl (C=O) groups is 1. The Morgan fingerprint density at radius 2 is 2.00 bits per heavy atom. The van der Waals surface area contributed by atoms with Crippen LogP contribution < -0.4 is 4.74 Å². The van der Waals surface area contributed by atoms with Crippen LogP contribution in [0.4, 0.5) is 0 Å². The summed E-state index contributed by atoms with van der Waals surface area (Å²) in [7, 11) is 0. The number of carboxylic acids is 1. The van der Waals surface area contributed by atoms with E-state index in [-0.39, 0.29) is 5.92 Å². The van der Waals surface area contributed by atoms with E-state index >= 15 is 0 Å². The summed E-state index contributed by atoms with van der Waals surface area (Å²) >= 11 is 0. The fourth-order valence-corrected chi connectivity index (χ4v) is 2.00. The fraction of sp³-hybridized carbons (Fsp3) is 0.533. The predicted octanol–water partition coefficient (Wildman–Crippen LogP) is 3.44. The number of ether oxygens (including phenoxy) is 1. The molecule has 0 spiro atoms. The third-order valence-corrected chi connectivity index (χ3v) is 3.62. The van der Waals surface area contributed by atoms with Gasteiger partial charge in [-0.05, 0) is 42.9 Å². The predicted molar refractivity (Wildman–Crippen MR) is 69.9 cm³/mol. The van der Waals surface area contributed by atoms with Crippen molar-refractivity contribution in [1.29, 1.82) is 0 Å². The van der Waals surface area contributed by atoms with Gasteiger partial charge in [-0.15, -0.1) is 0 Å². The van der Waals surface area contributed by atoms with Crippen LogP contribution in [0.5, 0.6) is 5.75 Å². The van der Waals surface area contributed by atoms with Gasteiger partial charge in [0.2, 0.25) is 0 Å². The lowest BCUT2D eigenvalue weighted by atomic mass is 9.99. The molecular weight excluding hydrogens is 228 g/mol. The second-order valence-corrected chi connectivity index (χ2v) is 5.09. The van der Waals surface area contributed by atoms with E-state index in [4.69, 9.17) is 9.84 Å². The zero-order chi connectivity index (χ0) is 13.1. The topological polar surface area (TPSA) is 46.5 Å². The second kappa shape index (κ2) is 5.42. The number of hydrogen-bond donors (Lipinski definition) is 1. The highest BCUT2D eigenvalue weighted by Gasteiger charge is 2.38. The Labute approximate surface area is 108 Å². The van der Waals surface area contributed by atoms with Gasteiger partial charge in [0.25, 0.3) is 0 Å². The molecule has 1 aliphatic carbocycles. The normalized spacial score (nSPS) is 18.1. The largest absolute Gasteiger partial charge is 0.478 e. The minimum absolute atomic E-state index is 0.191. The number of hydrogen-bond acceptors (Lipinski definition) is 2. The average Bonchev–Trinajstić information content (AvgIpc) is 3.19. The standard InChI is InChI=1S/C15H20O3/c1-3-10(2)11-6-8-13(9-7-11)18-14(15(16)17)12-4-5-12/h6-10,12,14H,3-5H2,1-2H3,(H,16,17). The minimum Gasteiger partial charge on any atom is -0.478 e. The molecule has 0 aliphatic heterocycles. The van der Waals surface area contributed by atoms with E-state index in [1.54, 1.807) is 0 Å². The van der Waals surface area contributed by atoms with E-state index in [1.807, 2.05) is 24.3 Å². The molecule has 2 rings (SSSR count). The minimum atomic E-state index is -0.858. The van der Waals surface area contributed by atoms with Gasteiger partial charge in [0.05, 0.1) is 0 Å². The van der Waals surface area contributed by atoms with Crippen molar-refractivity contribution in [1.82, 2.24) is 0 Å². The van der Waals surface area contributed by atoms with Gasteiger partial charge in [0, 0.05) is 5.92 Å². The van der Waals surface area contributed by atoms with Crippen LogP contribution in [0.1, 0.15) is 44.6 Å². The molecule has 98 valence electrons. The zero-order valence-electron chi connectivity index (χ0n) is 10.9. The molecule has 0 radical (unpaired) electrons. The Kier molecular flexibility index (Phi) is 3.90. The second-order valence-electron chi connectivity index (χ2n) is 5.09. The number of aliphatic carboxylic acids is 1. The van der Waals surface area contributed by atoms with E-state index < -0.39 is 12.1 Å². The van der Waals surface area contributed by atoms with Gasteiger partial charge in [-0.25, -0.2) is 4.79 Å². The van der Waals surface area contributed by atoms with Crippen molar-refractivity contribution in [2.45, 2.75) is 45.1 Å². The summed E-state index contributed by atoms with van der Waals surface area (Å²) in [6.07, 6.45) is 2.34. The lowest BCUT2D eigenvalue weighted by molar-refractivity contribution is -0.146. The first-order valence-corrected chi connectivity index (χ1v) is 6.61. The van der Waals surface area contributed by atoms with Crippen LogP contribution in [0.25, 0.3) is 0 Å². The molecule has 0 amide bonds. The molecule has 1 saturated carbocycles. The Hall–Kier alpha value is -1.51. The first-order valence-electron chi connectivity index (χ1n) is 6.61. The third kappa shape index (κ3) is 3.03. The van der Waals surface area contributed by atoms with Crippen molar-refractivity contribution in [2.24, 2.45) is 5.92 Å². The van der Waals surface area contributed by atoms with E-state index in [2.05, 4.69) is 13.8 Å². The number of rotatable bonds is 6. The highest BCUT2D eigenvalue weighted by Crippen LogP contribution is 2.35. The molecule has 1 N–H and O–H groups in total. The molecule has 1 aromatic rings. The molecule has 2 atom stereocenters. The maximum absolute atomic E-state index is 11.1. The van der Waals surface area contributed by atoms with Crippen molar-refractivity contribution in [3.63, 3.8) is 0 Å². The Morgan fingerprint density at radius 1 is 1.39 bits per heavy atom. The molecule has 0 bridgehead atoms. The van der Waals surface area contributed by atoms with Crippen LogP contribution in [-0.4, -0.2) is 17.2 Å². The summed E-state index contributed by atoms with van der Waals surface area (Å²) in [4.78, 5) is 11.1. The molecule has 2 unspecified atom stereocenters. The van der Waals surface area contributed by atoms with Crippen molar-refractivity contribution < 1.29 is 14.6 Å². The summed E-state index contributed by atoms with van der Waals surface area (Å²) in [5.41, 5.74) is 1.27. The van der Waals surface area contributed by atoms with Crippen molar-refractivity contribution in [3.8, 4) is 5.75 Å². The molecule has 1 aliphatic rings. The molecule has 0 saturated heterocycles. The molecule has 3 heteroatoms. The summed E-state index contributed by atoms with van der Waals surface area (Å²) in [6.45, 7) is 4.34. The van der Waals surface area contributed by atoms with Crippen LogP contribution in [0.3, 0.4) is 0 Å². The molecule has 1 aromatic carbocycles. The molecule has 0 aromatic heterocycles. The van der Waals surface area contributed by atoms with Crippen molar-refractivity contribution in [2.75, 3.05) is 0 Å². The maximum Gasteiger partial charge on any atom is 0.345 e. The first kappa shape index (κ1) is 12.9. The van der Waals surface area contributed by atoms with Gasteiger partial charge < -0.3 is 9.84 Å². The van der Waals surface area contributed by atoms with Gasteiger partial charge in [0.15, 0.2) is 6.10 Å². The van der Waals surface area contributed by atoms with Crippen molar-refractivity contribution >= 4 is 5.97 Å². The SMILES string of the molecule is CCC(C)c1ccc(OC(C(=O)O)C2CC2)cc1. The fourth-order valence-electron chi connectivity index (χ4n) is 2.00. The summed E-state index contributed by atoms with van der Waals surface area (Å²) in [5.74, 6) is 0.513. The Bertz CT molecular complexity index is 406. The Morgan fingerprint density at radius 3 is 2.44 bits per heavy atom. The van der Waals surface area contributed by atoms with E-state index in [1.165, 1.54) is 5.56 Å². The molecule has 18 heavy (non-hydrogen) atoms. The summed E-state index contributed by atoms with van der Waals surface area (Å²) < 4.78 is 5.57. The molecular formula is C15H20O3. The van der Waals surface area contributed by atoms with Crippen LogP contribution in [0.2, 0.25) is 0 Å². The maximum atomic E-state index is 11.1. The van der Waals surface area contributed by atoms with Crippen molar-refractivity contribution in [3.05, 3.63) is 29.8 Å². The van der Waals surface area contributed by atoms with Gasteiger partial charge in [-0.3, -0.25) is 0 Å².